The molecule has 27 heavy (non-hydrogen) atoms. The third-order valence-corrected chi connectivity index (χ3v) is 6.01. The number of hydrogen-bond donors (Lipinski definition) is 2. The van der Waals surface area contributed by atoms with Crippen molar-refractivity contribution < 1.29 is 21.6 Å². The van der Waals surface area contributed by atoms with Gasteiger partial charge in [-0.05, 0) is 50.3 Å². The molecule has 0 amide bonds. The van der Waals surface area contributed by atoms with Gasteiger partial charge in [-0.1, -0.05) is 11.6 Å². The molecule has 0 spiro atoms. The topological polar surface area (TPSA) is 79.0 Å². The average molecular weight is 400 g/mol. The smallest absolute Gasteiger partial charge is 0.322 e. The van der Waals surface area contributed by atoms with Gasteiger partial charge in [-0.3, -0.25) is 4.79 Å². The van der Waals surface area contributed by atoms with E-state index < -0.39 is 27.3 Å². The van der Waals surface area contributed by atoms with E-state index in [9.17, 15) is 26.4 Å². The lowest BCUT2D eigenvalue weighted by molar-refractivity contribution is -0.136. The Kier molecular flexibility index (Phi) is 5.43. The van der Waals surface area contributed by atoms with Crippen LogP contribution >= 0.6 is 0 Å². The van der Waals surface area contributed by atoms with Crippen LogP contribution in [0.1, 0.15) is 37.7 Å². The van der Waals surface area contributed by atoms with Gasteiger partial charge in [0.05, 0.1) is 10.5 Å². The van der Waals surface area contributed by atoms with Crippen molar-refractivity contribution in [1.29, 1.82) is 0 Å². The summed E-state index contributed by atoms with van der Waals surface area (Å²) in [5.41, 5.74) is -0.935. The lowest BCUT2D eigenvalue weighted by Crippen LogP contribution is -2.25. The summed E-state index contributed by atoms with van der Waals surface area (Å²) >= 11 is 0. The molecule has 1 aromatic carbocycles. The molecule has 1 aliphatic carbocycles. The molecule has 1 aromatic heterocycles. The van der Waals surface area contributed by atoms with Crippen LogP contribution in [-0.4, -0.2) is 19.9 Å². The molecule has 0 saturated heterocycles. The van der Waals surface area contributed by atoms with Gasteiger partial charge in [0.1, 0.15) is 0 Å². The minimum Gasteiger partial charge on any atom is -0.322 e. The predicted molar refractivity (Wildman–Crippen MR) is 95.9 cm³/mol. The molecule has 0 atom stereocenters. The Hall–Kier alpha value is -2.13. The predicted octanol–water partition coefficient (Wildman–Crippen LogP) is 3.72. The standard InChI is InChI=1S/C18H19F3N2O3S/c19-18(20,21)15-11-17(24)23-16-7-6-13(10-14(15)16)27(25,26)22-9-8-12-4-2-1-3-5-12/h4,6-7,10-11,22H,1-3,5,8-9H2,(H,23,24). The molecule has 146 valence electrons. The summed E-state index contributed by atoms with van der Waals surface area (Å²) < 4.78 is 67.0. The van der Waals surface area contributed by atoms with Crippen molar-refractivity contribution in [2.24, 2.45) is 0 Å². The number of nitrogens with one attached hydrogen (secondary N) is 2. The van der Waals surface area contributed by atoms with Gasteiger partial charge < -0.3 is 4.98 Å². The van der Waals surface area contributed by atoms with Gasteiger partial charge in [0.15, 0.2) is 0 Å². The fourth-order valence-electron chi connectivity index (χ4n) is 3.20. The molecular weight excluding hydrogens is 381 g/mol. The van der Waals surface area contributed by atoms with E-state index >= 15 is 0 Å². The molecule has 0 radical (unpaired) electrons. The summed E-state index contributed by atoms with van der Waals surface area (Å²) in [6, 6.07) is 3.73. The molecule has 2 aromatic rings. The highest BCUT2D eigenvalue weighted by Gasteiger charge is 2.33. The first-order valence-corrected chi connectivity index (χ1v) is 10.1. The van der Waals surface area contributed by atoms with Gasteiger partial charge in [-0.15, -0.1) is 0 Å². The number of sulfonamides is 1. The highest BCUT2D eigenvalue weighted by atomic mass is 32.2. The number of H-pyrrole nitrogens is 1. The zero-order chi connectivity index (χ0) is 19.7. The van der Waals surface area contributed by atoms with Crippen LogP contribution in [0.15, 0.2) is 45.6 Å². The Labute approximate surface area is 154 Å². The second kappa shape index (κ2) is 7.47. The summed E-state index contributed by atoms with van der Waals surface area (Å²) in [5, 5.41) is -0.361. The van der Waals surface area contributed by atoms with E-state index in [2.05, 4.69) is 15.8 Å². The van der Waals surface area contributed by atoms with E-state index in [1.54, 1.807) is 0 Å². The number of alkyl halides is 3. The first-order chi connectivity index (χ1) is 12.7. The summed E-state index contributed by atoms with van der Waals surface area (Å²) in [6.45, 7) is 0.184. The van der Waals surface area contributed by atoms with E-state index in [-0.39, 0.29) is 22.3 Å². The van der Waals surface area contributed by atoms with Crippen molar-refractivity contribution in [3.63, 3.8) is 0 Å². The van der Waals surface area contributed by atoms with Crippen molar-refractivity contribution in [2.45, 2.75) is 43.2 Å². The molecule has 2 N–H and O–H groups in total. The van der Waals surface area contributed by atoms with Gasteiger partial charge in [-0.2, -0.15) is 13.2 Å². The zero-order valence-electron chi connectivity index (χ0n) is 14.4. The van der Waals surface area contributed by atoms with E-state index in [1.807, 2.05) is 0 Å². The summed E-state index contributed by atoms with van der Waals surface area (Å²) in [6.07, 6.45) is 2.08. The highest BCUT2D eigenvalue weighted by Crippen LogP contribution is 2.34. The van der Waals surface area contributed by atoms with E-state index in [0.717, 1.165) is 31.7 Å². The van der Waals surface area contributed by atoms with Crippen LogP contribution in [0.5, 0.6) is 0 Å². The lowest BCUT2D eigenvalue weighted by Gasteiger charge is -2.14. The minimum absolute atomic E-state index is 0.0684. The summed E-state index contributed by atoms with van der Waals surface area (Å²) in [4.78, 5) is 13.4. The Morgan fingerprint density at radius 2 is 1.93 bits per heavy atom. The molecule has 0 aliphatic heterocycles. The molecule has 9 heteroatoms. The third kappa shape index (κ3) is 4.59. The maximum Gasteiger partial charge on any atom is 0.417 e. The number of aromatic nitrogens is 1. The van der Waals surface area contributed by atoms with Crippen molar-refractivity contribution in [1.82, 2.24) is 9.71 Å². The van der Waals surface area contributed by atoms with Gasteiger partial charge in [0, 0.05) is 23.5 Å². The number of pyridine rings is 1. The van der Waals surface area contributed by atoms with Crippen LogP contribution in [0.4, 0.5) is 13.2 Å². The van der Waals surface area contributed by atoms with Crippen LogP contribution < -0.4 is 10.3 Å². The van der Waals surface area contributed by atoms with Crippen LogP contribution in [0.3, 0.4) is 0 Å². The number of halogens is 3. The molecule has 0 bridgehead atoms. The highest BCUT2D eigenvalue weighted by molar-refractivity contribution is 7.89. The Balaban J connectivity index is 1.88. The van der Waals surface area contributed by atoms with Crippen molar-refractivity contribution >= 4 is 20.9 Å². The normalized spacial score (nSPS) is 15.7. The van der Waals surface area contributed by atoms with Crippen molar-refractivity contribution in [3.05, 3.63) is 51.8 Å². The Morgan fingerprint density at radius 3 is 2.59 bits per heavy atom. The lowest BCUT2D eigenvalue weighted by atomic mass is 9.97. The molecule has 1 heterocycles. The number of fused-ring (bicyclic) bond motifs is 1. The minimum atomic E-state index is -4.77. The maximum absolute atomic E-state index is 13.2. The number of hydrogen-bond acceptors (Lipinski definition) is 3. The molecule has 0 fully saturated rings. The van der Waals surface area contributed by atoms with E-state index in [0.29, 0.717) is 12.5 Å². The van der Waals surface area contributed by atoms with Crippen LogP contribution in [0.2, 0.25) is 0 Å². The van der Waals surface area contributed by atoms with Crippen molar-refractivity contribution in [3.8, 4) is 0 Å². The second-order valence-corrected chi connectivity index (χ2v) is 8.28. The average Bonchev–Trinajstić information content (AvgIpc) is 2.60. The van der Waals surface area contributed by atoms with Crippen LogP contribution in [-0.2, 0) is 16.2 Å². The fraction of sp³-hybridized carbons (Fsp3) is 0.389. The molecule has 5 nitrogen and oxygen atoms in total. The summed E-state index contributed by atoms with van der Waals surface area (Å²) in [5.74, 6) is 0. The SMILES string of the molecule is O=c1cc(C(F)(F)F)c2cc(S(=O)(=O)NCCC3=CCCCC3)ccc2[nH]1. The number of rotatable bonds is 5. The molecular formula is C18H19F3N2O3S. The van der Waals surface area contributed by atoms with Crippen LogP contribution in [0.25, 0.3) is 10.9 Å². The Morgan fingerprint density at radius 1 is 1.15 bits per heavy atom. The number of allylic oxidation sites excluding steroid dienone is 1. The molecule has 1 aliphatic rings. The number of aromatic amines is 1. The number of benzene rings is 1. The molecule has 3 rings (SSSR count). The van der Waals surface area contributed by atoms with Crippen molar-refractivity contribution in [2.75, 3.05) is 6.54 Å². The van der Waals surface area contributed by atoms with Crippen LogP contribution in [0, 0.1) is 0 Å². The van der Waals surface area contributed by atoms with E-state index in [4.69, 9.17) is 0 Å². The largest absolute Gasteiger partial charge is 0.417 e. The zero-order valence-corrected chi connectivity index (χ0v) is 15.2. The van der Waals surface area contributed by atoms with E-state index in [1.165, 1.54) is 17.7 Å². The van der Waals surface area contributed by atoms with Gasteiger partial charge >= 0.3 is 6.18 Å². The quantitative estimate of drug-likeness (QED) is 0.751. The molecule has 0 unspecified atom stereocenters. The first-order valence-electron chi connectivity index (χ1n) is 8.59. The maximum atomic E-state index is 13.2. The monoisotopic (exact) mass is 400 g/mol. The molecule has 0 saturated carbocycles. The third-order valence-electron chi connectivity index (χ3n) is 4.55. The Bertz CT molecular complexity index is 1040. The first kappa shape index (κ1) is 19.6. The second-order valence-electron chi connectivity index (χ2n) is 6.51. The van der Waals surface area contributed by atoms with Gasteiger partial charge in [-0.25, -0.2) is 13.1 Å². The van der Waals surface area contributed by atoms with Gasteiger partial charge in [0.2, 0.25) is 15.6 Å². The summed E-state index contributed by atoms with van der Waals surface area (Å²) in [7, 11) is -3.96. The fourth-order valence-corrected chi connectivity index (χ4v) is 4.25. The van der Waals surface area contributed by atoms with Gasteiger partial charge in [0.25, 0.3) is 0 Å².